The lowest BCUT2D eigenvalue weighted by molar-refractivity contribution is 1.26. The summed E-state index contributed by atoms with van der Waals surface area (Å²) in [5, 5.41) is 0. The molecule has 2 aromatic heterocycles. The van der Waals surface area contributed by atoms with Crippen LogP contribution in [0.4, 0.5) is 0 Å². The Morgan fingerprint density at radius 3 is 1.42 bits per heavy atom. The number of hydrogen-bond donors (Lipinski definition) is 0. The van der Waals surface area contributed by atoms with E-state index < -0.39 is 0 Å². The van der Waals surface area contributed by atoms with E-state index >= 15 is 0 Å². The SMILES string of the molecule is c1ccc(C([C]2c3cccnc3-c3ncccc32)=C2c3ccccc3-c3ccccc32)cc1. The summed E-state index contributed by atoms with van der Waals surface area (Å²) in [5.41, 5.74) is 13.0. The molecule has 0 N–H and O–H groups in total. The molecule has 0 saturated carbocycles. The van der Waals surface area contributed by atoms with Gasteiger partial charge in [0.15, 0.2) is 0 Å². The molecule has 2 heterocycles. The summed E-state index contributed by atoms with van der Waals surface area (Å²) in [6.07, 6.45) is 3.71. The highest BCUT2D eigenvalue weighted by molar-refractivity contribution is 6.15. The first kappa shape index (κ1) is 18.3. The highest BCUT2D eigenvalue weighted by Crippen LogP contribution is 2.55. The number of fused-ring (bicyclic) bond motifs is 6. The summed E-state index contributed by atoms with van der Waals surface area (Å²) in [7, 11) is 0. The van der Waals surface area contributed by atoms with Crippen LogP contribution in [-0.4, -0.2) is 9.97 Å². The van der Waals surface area contributed by atoms with Crippen molar-refractivity contribution in [3.05, 3.63) is 149 Å². The second-order valence-electron chi connectivity index (χ2n) is 8.38. The fourth-order valence-corrected chi connectivity index (χ4v) is 5.31. The van der Waals surface area contributed by atoms with Gasteiger partial charge in [-0.3, -0.25) is 9.97 Å². The van der Waals surface area contributed by atoms with Gasteiger partial charge in [-0.05, 0) is 62.2 Å². The molecule has 5 aromatic rings. The van der Waals surface area contributed by atoms with Crippen molar-refractivity contribution in [1.82, 2.24) is 9.97 Å². The van der Waals surface area contributed by atoms with E-state index in [1.54, 1.807) is 0 Å². The molecule has 0 amide bonds. The van der Waals surface area contributed by atoms with E-state index in [-0.39, 0.29) is 0 Å². The van der Waals surface area contributed by atoms with Gasteiger partial charge in [0.25, 0.3) is 0 Å². The molecule has 33 heavy (non-hydrogen) atoms. The van der Waals surface area contributed by atoms with E-state index in [0.717, 1.165) is 22.5 Å². The third kappa shape index (κ3) is 2.61. The largest absolute Gasteiger partial charge is 0.254 e. The van der Waals surface area contributed by atoms with E-state index in [0.29, 0.717) is 0 Å². The zero-order valence-corrected chi connectivity index (χ0v) is 17.9. The monoisotopic (exact) mass is 419 g/mol. The Labute approximate surface area is 192 Å². The molecule has 2 aliphatic carbocycles. The first-order chi connectivity index (χ1) is 16.4. The van der Waals surface area contributed by atoms with Crippen molar-refractivity contribution in [2.45, 2.75) is 0 Å². The number of hydrogen-bond acceptors (Lipinski definition) is 2. The zero-order chi connectivity index (χ0) is 21.8. The summed E-state index contributed by atoms with van der Waals surface area (Å²) in [6, 6.07) is 36.6. The quantitative estimate of drug-likeness (QED) is 0.300. The maximum atomic E-state index is 4.74. The molecule has 2 heteroatoms. The molecule has 2 aliphatic rings. The van der Waals surface area contributed by atoms with Crippen LogP contribution < -0.4 is 0 Å². The summed E-state index contributed by atoms with van der Waals surface area (Å²) in [4.78, 5) is 9.47. The fraction of sp³-hybridized carbons (Fsp3) is 0. The maximum Gasteiger partial charge on any atom is 0.0934 e. The molecule has 0 bridgehead atoms. The van der Waals surface area contributed by atoms with Crippen molar-refractivity contribution in [2.24, 2.45) is 0 Å². The zero-order valence-electron chi connectivity index (χ0n) is 17.9. The molecule has 0 unspecified atom stereocenters. The van der Waals surface area contributed by atoms with E-state index in [2.05, 4.69) is 91.0 Å². The first-order valence-corrected chi connectivity index (χ1v) is 11.2. The fourth-order valence-electron chi connectivity index (χ4n) is 5.31. The van der Waals surface area contributed by atoms with Gasteiger partial charge in [-0.25, -0.2) is 0 Å². The van der Waals surface area contributed by atoms with Crippen LogP contribution in [0.2, 0.25) is 0 Å². The van der Waals surface area contributed by atoms with Crippen molar-refractivity contribution < 1.29 is 0 Å². The average Bonchev–Trinajstić information content (AvgIpc) is 3.39. The normalized spacial score (nSPS) is 13.3. The molecular weight excluding hydrogens is 400 g/mol. The van der Waals surface area contributed by atoms with Crippen LogP contribution in [0.15, 0.2) is 116 Å². The molecule has 0 atom stereocenters. The summed E-state index contributed by atoms with van der Waals surface area (Å²) >= 11 is 0. The Kier molecular flexibility index (Phi) is 3.94. The predicted molar refractivity (Wildman–Crippen MR) is 133 cm³/mol. The Morgan fingerprint density at radius 2 is 0.879 bits per heavy atom. The van der Waals surface area contributed by atoms with Gasteiger partial charge < -0.3 is 0 Å². The minimum Gasteiger partial charge on any atom is -0.254 e. The highest BCUT2D eigenvalue weighted by atomic mass is 14.8. The van der Waals surface area contributed by atoms with Crippen LogP contribution in [0.1, 0.15) is 27.8 Å². The van der Waals surface area contributed by atoms with Crippen LogP contribution in [0.5, 0.6) is 0 Å². The molecule has 0 spiro atoms. The average molecular weight is 420 g/mol. The van der Waals surface area contributed by atoms with Gasteiger partial charge in [-0.1, -0.05) is 91.0 Å². The highest BCUT2D eigenvalue weighted by Gasteiger charge is 2.38. The van der Waals surface area contributed by atoms with Gasteiger partial charge in [-0.2, -0.15) is 0 Å². The molecular formula is C31H19N2. The molecule has 7 rings (SSSR count). The lowest BCUT2D eigenvalue weighted by Gasteiger charge is -2.21. The van der Waals surface area contributed by atoms with E-state index in [9.17, 15) is 0 Å². The van der Waals surface area contributed by atoms with Gasteiger partial charge in [0.05, 0.1) is 17.3 Å². The van der Waals surface area contributed by atoms with Crippen LogP contribution in [0.25, 0.3) is 33.7 Å². The number of nitrogens with zero attached hydrogens (tertiary/aromatic N) is 2. The van der Waals surface area contributed by atoms with Crippen LogP contribution in [-0.2, 0) is 0 Å². The number of allylic oxidation sites excluding steroid dienone is 1. The van der Waals surface area contributed by atoms with Crippen LogP contribution in [0, 0.1) is 5.92 Å². The first-order valence-electron chi connectivity index (χ1n) is 11.2. The number of aromatic nitrogens is 2. The molecule has 0 fully saturated rings. The third-order valence-electron chi connectivity index (χ3n) is 6.62. The third-order valence-corrected chi connectivity index (χ3v) is 6.62. The maximum absolute atomic E-state index is 4.74. The smallest absolute Gasteiger partial charge is 0.0934 e. The van der Waals surface area contributed by atoms with Crippen molar-refractivity contribution >= 4 is 11.1 Å². The minimum absolute atomic E-state index is 0.955. The van der Waals surface area contributed by atoms with Crippen molar-refractivity contribution in [2.75, 3.05) is 0 Å². The van der Waals surface area contributed by atoms with Gasteiger partial charge in [0.2, 0.25) is 0 Å². The predicted octanol–water partition coefficient (Wildman–Crippen LogP) is 7.07. The topological polar surface area (TPSA) is 25.8 Å². The van der Waals surface area contributed by atoms with E-state index in [1.165, 1.54) is 44.9 Å². The molecule has 2 nitrogen and oxygen atoms in total. The van der Waals surface area contributed by atoms with Gasteiger partial charge in [0.1, 0.15) is 0 Å². The van der Waals surface area contributed by atoms with Crippen LogP contribution >= 0.6 is 0 Å². The lowest BCUT2D eigenvalue weighted by Crippen LogP contribution is -2.05. The Hall–Kier alpha value is -4.30. The van der Waals surface area contributed by atoms with Crippen LogP contribution in [0.3, 0.4) is 0 Å². The number of benzene rings is 3. The van der Waals surface area contributed by atoms with E-state index in [1.807, 2.05) is 24.5 Å². The number of rotatable bonds is 2. The molecule has 3 aromatic carbocycles. The molecule has 0 aliphatic heterocycles. The van der Waals surface area contributed by atoms with Crippen molar-refractivity contribution in [3.63, 3.8) is 0 Å². The second kappa shape index (κ2) is 7.11. The molecule has 0 saturated heterocycles. The minimum atomic E-state index is 0.955. The van der Waals surface area contributed by atoms with Gasteiger partial charge in [-0.15, -0.1) is 0 Å². The Bertz CT molecular complexity index is 1470. The van der Waals surface area contributed by atoms with Gasteiger partial charge in [0, 0.05) is 12.4 Å². The van der Waals surface area contributed by atoms with Crippen molar-refractivity contribution in [3.8, 4) is 22.5 Å². The molecule has 1 radical (unpaired) electrons. The second-order valence-corrected chi connectivity index (χ2v) is 8.38. The summed E-state index contributed by atoms with van der Waals surface area (Å²) in [6.45, 7) is 0. The number of pyridine rings is 2. The Balaban J connectivity index is 1.64. The lowest BCUT2D eigenvalue weighted by atomic mass is 9.80. The Morgan fingerprint density at radius 1 is 0.424 bits per heavy atom. The van der Waals surface area contributed by atoms with Crippen molar-refractivity contribution in [1.29, 1.82) is 0 Å². The molecule has 153 valence electrons. The summed E-state index contributed by atoms with van der Waals surface area (Å²) < 4.78 is 0. The standard InChI is InChI=1S/C31H19N2/c1-2-10-20(11-3-1)27(28-23-14-6-4-12-21(23)22-13-5-7-15-24(22)28)29-25-16-8-18-32-30(25)31-26(29)17-9-19-33-31/h1-19H. The van der Waals surface area contributed by atoms with E-state index in [4.69, 9.17) is 9.97 Å². The van der Waals surface area contributed by atoms with Gasteiger partial charge >= 0.3 is 0 Å². The summed E-state index contributed by atoms with van der Waals surface area (Å²) in [5.74, 6) is 1.20.